The van der Waals surface area contributed by atoms with Crippen LogP contribution in [0.3, 0.4) is 0 Å². The first-order valence-corrected chi connectivity index (χ1v) is 8.06. The molecule has 0 bridgehead atoms. The highest BCUT2D eigenvalue weighted by molar-refractivity contribution is 6.14. The van der Waals surface area contributed by atoms with E-state index in [2.05, 4.69) is 9.47 Å². The Bertz CT molecular complexity index is 642. The Kier molecular flexibility index (Phi) is 12.7. The number of carbonyl (C=O) groups excluding carboxylic acids is 4. The Labute approximate surface area is 160 Å². The lowest BCUT2D eigenvalue weighted by atomic mass is 10.1. The standard InChI is InChI=1S/C8H4O3.C4H2O3.C4H10O2.C2H6O2/c9-7-5-3-1-2-4-6(5)8(10)11-7;5-3-1-2-4(6)7-3;1-4(6)2-3-5;3-1-2-4/h1-4H;1-2H;4-6H,2-3H2,1H3;3-4H,1-2H2. The summed E-state index contributed by atoms with van der Waals surface area (Å²) < 4.78 is 8.33. The van der Waals surface area contributed by atoms with Gasteiger partial charge in [-0.25, -0.2) is 19.2 Å². The van der Waals surface area contributed by atoms with Crippen molar-refractivity contribution in [2.24, 2.45) is 0 Å². The second kappa shape index (κ2) is 14.2. The number of hydrogen-bond acceptors (Lipinski definition) is 10. The average molecular weight is 398 g/mol. The van der Waals surface area contributed by atoms with Gasteiger partial charge in [0.15, 0.2) is 0 Å². The summed E-state index contributed by atoms with van der Waals surface area (Å²) in [6.45, 7) is 1.48. The number of rotatable bonds is 3. The first-order valence-electron chi connectivity index (χ1n) is 8.06. The Morgan fingerprint density at radius 1 is 0.786 bits per heavy atom. The molecule has 10 heteroatoms. The van der Waals surface area contributed by atoms with E-state index in [1.165, 1.54) is 0 Å². The zero-order chi connectivity index (χ0) is 21.5. The highest BCUT2D eigenvalue weighted by Crippen LogP contribution is 2.18. The molecule has 154 valence electrons. The molecular weight excluding hydrogens is 376 g/mol. The Morgan fingerprint density at radius 2 is 1.21 bits per heavy atom. The largest absolute Gasteiger partial charge is 0.396 e. The molecule has 0 amide bonds. The van der Waals surface area contributed by atoms with Crippen LogP contribution in [0.5, 0.6) is 0 Å². The number of cyclic esters (lactones) is 4. The Hall–Kier alpha value is -2.92. The van der Waals surface area contributed by atoms with E-state index in [4.69, 9.17) is 20.4 Å². The van der Waals surface area contributed by atoms with Crippen molar-refractivity contribution in [2.75, 3.05) is 19.8 Å². The lowest BCUT2D eigenvalue weighted by molar-refractivity contribution is -0.150. The quantitative estimate of drug-likeness (QED) is 0.379. The van der Waals surface area contributed by atoms with Crippen molar-refractivity contribution in [1.82, 2.24) is 0 Å². The smallest absolute Gasteiger partial charge is 0.346 e. The van der Waals surface area contributed by atoms with Crippen molar-refractivity contribution < 1.29 is 49.1 Å². The number of benzene rings is 1. The first-order chi connectivity index (χ1) is 13.3. The summed E-state index contributed by atoms with van der Waals surface area (Å²) in [6.07, 6.45) is 2.31. The molecule has 1 unspecified atom stereocenters. The van der Waals surface area contributed by atoms with Crippen molar-refractivity contribution in [3.05, 3.63) is 47.5 Å². The number of aliphatic hydroxyl groups excluding tert-OH is 4. The van der Waals surface area contributed by atoms with Crippen molar-refractivity contribution >= 4 is 23.9 Å². The van der Waals surface area contributed by atoms with Gasteiger partial charge in [-0.3, -0.25) is 0 Å². The van der Waals surface area contributed by atoms with Gasteiger partial charge in [0.05, 0.1) is 30.4 Å². The second-order valence-electron chi connectivity index (χ2n) is 5.10. The SMILES string of the molecule is CC(O)CCO.O=C1C=CC(=O)O1.O=C1OC(=O)c2ccccc21.OCCO. The average Bonchev–Trinajstić information content (AvgIpc) is 3.18. The summed E-state index contributed by atoms with van der Waals surface area (Å²) in [7, 11) is 0. The molecule has 1 atom stereocenters. The van der Waals surface area contributed by atoms with Gasteiger partial charge < -0.3 is 29.9 Å². The molecule has 1 aromatic rings. The van der Waals surface area contributed by atoms with Crippen LogP contribution in [0.25, 0.3) is 0 Å². The molecule has 2 aliphatic rings. The molecule has 28 heavy (non-hydrogen) atoms. The third-order valence-corrected chi connectivity index (χ3v) is 2.76. The van der Waals surface area contributed by atoms with Crippen LogP contribution in [-0.4, -0.2) is 70.2 Å². The second-order valence-corrected chi connectivity index (χ2v) is 5.10. The number of carbonyl (C=O) groups is 4. The fourth-order valence-corrected chi connectivity index (χ4v) is 1.52. The fourth-order valence-electron chi connectivity index (χ4n) is 1.52. The molecule has 0 aliphatic carbocycles. The van der Waals surface area contributed by atoms with Crippen molar-refractivity contribution in [2.45, 2.75) is 19.4 Å². The van der Waals surface area contributed by atoms with Gasteiger partial charge in [0.1, 0.15) is 0 Å². The number of esters is 4. The van der Waals surface area contributed by atoms with Gasteiger partial charge in [-0.2, -0.15) is 0 Å². The maximum absolute atomic E-state index is 10.8. The van der Waals surface area contributed by atoms with Gasteiger partial charge in [0.25, 0.3) is 0 Å². The predicted molar refractivity (Wildman–Crippen MR) is 94.0 cm³/mol. The number of hydrogen-bond donors (Lipinski definition) is 4. The van der Waals surface area contributed by atoms with E-state index in [9.17, 15) is 19.2 Å². The third-order valence-electron chi connectivity index (χ3n) is 2.76. The first kappa shape index (κ1) is 25.1. The minimum atomic E-state index is -0.579. The minimum absolute atomic E-state index is 0.0810. The van der Waals surface area contributed by atoms with Gasteiger partial charge in [-0.05, 0) is 25.5 Å². The van der Waals surface area contributed by atoms with E-state index in [-0.39, 0.29) is 25.9 Å². The van der Waals surface area contributed by atoms with Gasteiger partial charge in [-0.1, -0.05) is 12.1 Å². The molecular formula is C18H22O10. The monoisotopic (exact) mass is 398 g/mol. The molecule has 0 saturated carbocycles. The van der Waals surface area contributed by atoms with Crippen LogP contribution in [0, 0.1) is 0 Å². The van der Waals surface area contributed by atoms with Gasteiger partial charge in [0, 0.05) is 18.8 Å². The summed E-state index contributed by atoms with van der Waals surface area (Å²) in [5.41, 5.74) is 0.718. The molecule has 0 fully saturated rings. The summed E-state index contributed by atoms with van der Waals surface area (Å²) >= 11 is 0. The van der Waals surface area contributed by atoms with E-state index >= 15 is 0 Å². The van der Waals surface area contributed by atoms with Crippen LogP contribution in [0.15, 0.2) is 36.4 Å². The van der Waals surface area contributed by atoms with Crippen molar-refractivity contribution in [1.29, 1.82) is 0 Å². The van der Waals surface area contributed by atoms with Crippen LogP contribution in [0.2, 0.25) is 0 Å². The molecule has 0 radical (unpaired) electrons. The summed E-state index contributed by atoms with van der Waals surface area (Å²) in [4.78, 5) is 41.5. The van der Waals surface area contributed by atoms with E-state index in [0.717, 1.165) is 12.2 Å². The van der Waals surface area contributed by atoms with Gasteiger partial charge in [0.2, 0.25) is 0 Å². The molecule has 2 heterocycles. The van der Waals surface area contributed by atoms with Crippen LogP contribution in [-0.2, 0) is 19.1 Å². The number of ether oxygens (including phenoxy) is 2. The van der Waals surface area contributed by atoms with Crippen LogP contribution in [0.4, 0.5) is 0 Å². The molecule has 1 aromatic carbocycles. The van der Waals surface area contributed by atoms with E-state index in [1.54, 1.807) is 31.2 Å². The normalized spacial score (nSPS) is 14.3. The van der Waals surface area contributed by atoms with Crippen LogP contribution >= 0.6 is 0 Å². The lowest BCUT2D eigenvalue weighted by Gasteiger charge is -1.95. The molecule has 0 aromatic heterocycles. The zero-order valence-electron chi connectivity index (χ0n) is 15.1. The maximum Gasteiger partial charge on any atom is 0.346 e. The van der Waals surface area contributed by atoms with E-state index < -0.39 is 23.9 Å². The summed E-state index contributed by atoms with van der Waals surface area (Å²) in [6, 6.07) is 6.53. The Balaban J connectivity index is 0.000000376. The lowest BCUT2D eigenvalue weighted by Crippen LogP contribution is -2.00. The highest BCUT2D eigenvalue weighted by atomic mass is 16.6. The maximum atomic E-state index is 10.8. The van der Waals surface area contributed by atoms with Crippen molar-refractivity contribution in [3.8, 4) is 0 Å². The molecule has 4 N–H and O–H groups in total. The van der Waals surface area contributed by atoms with Gasteiger partial charge in [-0.15, -0.1) is 0 Å². The molecule has 0 saturated heterocycles. The van der Waals surface area contributed by atoms with Crippen LogP contribution < -0.4 is 0 Å². The van der Waals surface area contributed by atoms with E-state index in [1.807, 2.05) is 0 Å². The predicted octanol–water partition coefficient (Wildman–Crippen LogP) is -0.656. The summed E-state index contributed by atoms with van der Waals surface area (Å²) in [5.74, 6) is -2.26. The Morgan fingerprint density at radius 3 is 1.43 bits per heavy atom. The van der Waals surface area contributed by atoms with Crippen LogP contribution in [0.1, 0.15) is 34.1 Å². The topological polar surface area (TPSA) is 168 Å². The summed E-state index contributed by atoms with van der Waals surface area (Å²) in [5, 5.41) is 31.7. The van der Waals surface area contributed by atoms with Crippen molar-refractivity contribution in [3.63, 3.8) is 0 Å². The molecule has 10 nitrogen and oxygen atoms in total. The number of fused-ring (bicyclic) bond motifs is 1. The van der Waals surface area contributed by atoms with Gasteiger partial charge >= 0.3 is 23.9 Å². The zero-order valence-corrected chi connectivity index (χ0v) is 15.1. The molecule has 0 spiro atoms. The highest BCUT2D eigenvalue weighted by Gasteiger charge is 2.28. The number of aliphatic hydroxyl groups is 4. The third kappa shape index (κ3) is 10.3. The fraction of sp³-hybridized carbons (Fsp3) is 0.333. The molecule has 3 rings (SSSR count). The minimum Gasteiger partial charge on any atom is -0.396 e. The van der Waals surface area contributed by atoms with E-state index in [0.29, 0.717) is 17.5 Å². The molecule has 2 aliphatic heterocycles.